The third-order valence-electron chi connectivity index (χ3n) is 4.26. The molecule has 0 aliphatic carbocycles. The number of hydrogen-bond acceptors (Lipinski definition) is 6. The van der Waals surface area contributed by atoms with Crippen LogP contribution in [0.15, 0.2) is 47.1 Å². The predicted octanol–water partition coefficient (Wildman–Crippen LogP) is 2.32. The highest BCUT2D eigenvalue weighted by Crippen LogP contribution is 2.23. The Labute approximate surface area is 174 Å². The van der Waals surface area contributed by atoms with Crippen LogP contribution in [0.25, 0.3) is 0 Å². The minimum atomic E-state index is -0.393. The van der Waals surface area contributed by atoms with Crippen molar-refractivity contribution in [3.05, 3.63) is 65.4 Å². The Morgan fingerprint density at radius 2 is 2.10 bits per heavy atom. The van der Waals surface area contributed by atoms with Crippen LogP contribution in [0.2, 0.25) is 0 Å². The van der Waals surface area contributed by atoms with Crippen molar-refractivity contribution < 1.29 is 18.7 Å². The van der Waals surface area contributed by atoms with Crippen LogP contribution in [-0.4, -0.2) is 41.7 Å². The Balaban J connectivity index is 1.70. The van der Waals surface area contributed by atoms with Crippen molar-refractivity contribution in [3.8, 4) is 5.75 Å². The molecule has 0 fully saturated rings. The van der Waals surface area contributed by atoms with E-state index in [0.717, 1.165) is 11.5 Å². The summed E-state index contributed by atoms with van der Waals surface area (Å²) >= 11 is 0. The molecule has 9 heteroatoms. The topological polar surface area (TPSA) is 135 Å². The summed E-state index contributed by atoms with van der Waals surface area (Å²) in [7, 11) is 0. The van der Waals surface area contributed by atoms with Crippen LogP contribution in [0.5, 0.6) is 5.75 Å². The molecule has 3 rings (SSSR count). The molecular weight excluding hydrogens is 386 g/mol. The van der Waals surface area contributed by atoms with Gasteiger partial charge < -0.3 is 25.5 Å². The fraction of sp³-hybridized carbons (Fsp3) is 0.286. The van der Waals surface area contributed by atoms with Crippen molar-refractivity contribution in [2.75, 3.05) is 25.0 Å². The number of aromatic nitrogens is 2. The van der Waals surface area contributed by atoms with Gasteiger partial charge in [-0.05, 0) is 56.3 Å². The van der Waals surface area contributed by atoms with Gasteiger partial charge in [-0.2, -0.15) is 5.10 Å². The molecule has 0 atom stereocenters. The fourth-order valence-corrected chi connectivity index (χ4v) is 2.83. The maximum absolute atomic E-state index is 12.6. The van der Waals surface area contributed by atoms with Gasteiger partial charge in [-0.1, -0.05) is 0 Å². The normalized spacial score (nSPS) is 10.6. The lowest BCUT2D eigenvalue weighted by atomic mass is 10.1. The minimum absolute atomic E-state index is 0.236. The second kappa shape index (κ2) is 10.3. The van der Waals surface area contributed by atoms with Gasteiger partial charge in [0.25, 0.3) is 11.8 Å². The highest BCUT2D eigenvalue weighted by Gasteiger charge is 2.16. The molecule has 2 aromatic heterocycles. The first-order chi connectivity index (χ1) is 14.6. The molecule has 0 unspecified atom stereocenters. The van der Waals surface area contributed by atoms with Crippen molar-refractivity contribution in [2.24, 2.45) is 5.73 Å². The molecule has 0 saturated heterocycles. The van der Waals surface area contributed by atoms with Gasteiger partial charge in [-0.25, -0.2) is 0 Å². The molecule has 1 aromatic carbocycles. The third-order valence-corrected chi connectivity index (χ3v) is 4.26. The molecule has 5 N–H and O–H groups in total. The van der Waals surface area contributed by atoms with Crippen molar-refractivity contribution in [1.82, 2.24) is 15.5 Å². The van der Waals surface area contributed by atoms with E-state index >= 15 is 0 Å². The number of benzene rings is 1. The van der Waals surface area contributed by atoms with Crippen LogP contribution < -0.4 is 21.1 Å². The summed E-state index contributed by atoms with van der Waals surface area (Å²) in [6.07, 6.45) is 2.77. The number of rotatable bonds is 10. The Morgan fingerprint density at radius 1 is 1.23 bits per heavy atom. The van der Waals surface area contributed by atoms with E-state index in [1.807, 2.05) is 13.0 Å². The van der Waals surface area contributed by atoms with Gasteiger partial charge in [0.1, 0.15) is 11.5 Å². The average molecular weight is 411 g/mol. The van der Waals surface area contributed by atoms with Crippen molar-refractivity contribution in [2.45, 2.75) is 19.8 Å². The number of nitrogens with two attached hydrogens (primary N) is 1. The summed E-state index contributed by atoms with van der Waals surface area (Å²) in [5.74, 6) is 0.530. The van der Waals surface area contributed by atoms with Crippen LogP contribution in [0.1, 0.15) is 45.6 Å². The van der Waals surface area contributed by atoms with E-state index in [4.69, 9.17) is 14.9 Å². The summed E-state index contributed by atoms with van der Waals surface area (Å²) in [5.41, 5.74) is 7.26. The molecule has 9 nitrogen and oxygen atoms in total. The summed E-state index contributed by atoms with van der Waals surface area (Å²) < 4.78 is 10.8. The number of ether oxygens (including phenoxy) is 1. The first kappa shape index (κ1) is 21.1. The molecule has 30 heavy (non-hydrogen) atoms. The number of anilines is 1. The summed E-state index contributed by atoms with van der Waals surface area (Å²) in [5, 5.41) is 12.4. The van der Waals surface area contributed by atoms with Gasteiger partial charge in [0, 0.05) is 24.3 Å². The van der Waals surface area contributed by atoms with E-state index < -0.39 is 5.91 Å². The lowest BCUT2D eigenvalue weighted by Gasteiger charge is -2.13. The predicted molar refractivity (Wildman–Crippen MR) is 112 cm³/mol. The quantitative estimate of drug-likeness (QED) is 0.378. The first-order valence-electron chi connectivity index (χ1n) is 9.73. The molecule has 2 heterocycles. The first-order valence-corrected chi connectivity index (χ1v) is 9.73. The smallest absolute Gasteiger partial charge is 0.276 e. The molecule has 158 valence electrons. The Morgan fingerprint density at radius 3 is 2.83 bits per heavy atom. The number of nitrogens with zero attached hydrogens (tertiary/aromatic N) is 1. The zero-order chi connectivity index (χ0) is 21.3. The number of aromatic amines is 1. The van der Waals surface area contributed by atoms with E-state index in [1.54, 1.807) is 36.6 Å². The van der Waals surface area contributed by atoms with Gasteiger partial charge in [0.15, 0.2) is 5.69 Å². The Hall–Kier alpha value is -3.59. The van der Waals surface area contributed by atoms with Crippen molar-refractivity contribution in [3.63, 3.8) is 0 Å². The Kier molecular flexibility index (Phi) is 7.23. The number of nitrogens with one attached hydrogen (secondary N) is 3. The van der Waals surface area contributed by atoms with E-state index in [-0.39, 0.29) is 11.6 Å². The van der Waals surface area contributed by atoms with Crippen LogP contribution in [0.3, 0.4) is 0 Å². The number of carbonyl (C=O) groups is 2. The van der Waals surface area contributed by atoms with Crippen LogP contribution >= 0.6 is 0 Å². The van der Waals surface area contributed by atoms with E-state index in [1.165, 1.54) is 0 Å². The minimum Gasteiger partial charge on any atom is -0.493 e. The van der Waals surface area contributed by atoms with Gasteiger partial charge in [-0.3, -0.25) is 14.7 Å². The number of H-pyrrole nitrogens is 1. The highest BCUT2D eigenvalue weighted by molar-refractivity contribution is 6.04. The number of carbonyl (C=O) groups excluding carboxylic acids is 2. The monoisotopic (exact) mass is 411 g/mol. The van der Waals surface area contributed by atoms with E-state index in [0.29, 0.717) is 49.5 Å². The van der Waals surface area contributed by atoms with E-state index in [9.17, 15) is 9.59 Å². The van der Waals surface area contributed by atoms with Gasteiger partial charge in [-0.15, -0.1) is 0 Å². The van der Waals surface area contributed by atoms with E-state index in [2.05, 4.69) is 20.8 Å². The lowest BCUT2D eigenvalue weighted by Crippen LogP contribution is -2.26. The molecule has 2 amide bonds. The van der Waals surface area contributed by atoms with Gasteiger partial charge in [0.2, 0.25) is 0 Å². The third kappa shape index (κ3) is 5.48. The SMILES string of the molecule is CCOc1ccc(NC(=O)c2cc(Cc3ccco3)[nH]n2)cc1C(=O)NCCCN. The summed E-state index contributed by atoms with van der Waals surface area (Å²) in [6, 6.07) is 10.2. The highest BCUT2D eigenvalue weighted by atomic mass is 16.5. The number of hydrogen-bond donors (Lipinski definition) is 4. The fourth-order valence-electron chi connectivity index (χ4n) is 2.83. The second-order valence-corrected chi connectivity index (χ2v) is 6.53. The maximum atomic E-state index is 12.6. The van der Waals surface area contributed by atoms with Crippen molar-refractivity contribution in [1.29, 1.82) is 0 Å². The van der Waals surface area contributed by atoms with Gasteiger partial charge >= 0.3 is 0 Å². The average Bonchev–Trinajstić information content (AvgIpc) is 3.42. The van der Waals surface area contributed by atoms with Gasteiger partial charge in [0.05, 0.1) is 18.4 Å². The molecule has 0 saturated carbocycles. The van der Waals surface area contributed by atoms with Crippen LogP contribution in [-0.2, 0) is 6.42 Å². The largest absolute Gasteiger partial charge is 0.493 e. The van der Waals surface area contributed by atoms with Crippen LogP contribution in [0, 0.1) is 0 Å². The molecule has 3 aromatic rings. The summed E-state index contributed by atoms with van der Waals surface area (Å²) in [4.78, 5) is 25.1. The Bertz CT molecular complexity index is 981. The second-order valence-electron chi connectivity index (χ2n) is 6.53. The molecule has 0 spiro atoms. The number of furan rings is 1. The standard InChI is InChI=1S/C21H25N5O4/c1-2-29-19-7-6-14(12-17(19)20(27)23-9-4-8-22)24-21(28)18-13-15(25-26-18)11-16-5-3-10-30-16/h3,5-7,10,12-13H,2,4,8-9,11,22H2,1H3,(H,23,27)(H,24,28)(H,25,26). The zero-order valence-corrected chi connectivity index (χ0v) is 16.7. The molecule has 0 radical (unpaired) electrons. The molecule has 0 aliphatic rings. The zero-order valence-electron chi connectivity index (χ0n) is 16.7. The maximum Gasteiger partial charge on any atom is 0.276 e. The molecule has 0 bridgehead atoms. The summed E-state index contributed by atoms with van der Waals surface area (Å²) in [6.45, 7) is 3.20. The molecule has 0 aliphatic heterocycles. The molecular formula is C21H25N5O4. The number of amides is 2. The van der Waals surface area contributed by atoms with Crippen LogP contribution in [0.4, 0.5) is 5.69 Å². The van der Waals surface area contributed by atoms with Crippen molar-refractivity contribution >= 4 is 17.5 Å². The lowest BCUT2D eigenvalue weighted by molar-refractivity contribution is 0.0948.